The molecule has 1 spiro atoms. The summed E-state index contributed by atoms with van der Waals surface area (Å²) >= 11 is 0. The quantitative estimate of drug-likeness (QED) is 0.832. The first-order chi connectivity index (χ1) is 10.1. The van der Waals surface area contributed by atoms with Gasteiger partial charge in [0.2, 0.25) is 0 Å². The minimum absolute atomic E-state index is 0.0763. The van der Waals surface area contributed by atoms with Crippen LogP contribution in [-0.4, -0.2) is 43.4 Å². The first-order valence-electron chi connectivity index (χ1n) is 8.13. The summed E-state index contributed by atoms with van der Waals surface area (Å²) < 4.78 is 11.7. The van der Waals surface area contributed by atoms with Crippen LogP contribution in [0.4, 0.5) is 0 Å². The van der Waals surface area contributed by atoms with Crippen molar-refractivity contribution in [3.05, 3.63) is 34.9 Å². The van der Waals surface area contributed by atoms with Gasteiger partial charge in [-0.25, -0.2) is 0 Å². The molecule has 2 heterocycles. The monoisotopic (exact) mass is 289 g/mol. The maximum atomic E-state index is 6.09. The zero-order valence-corrected chi connectivity index (χ0v) is 13.5. The van der Waals surface area contributed by atoms with Gasteiger partial charge in [-0.2, -0.15) is 0 Å². The molecule has 0 saturated carbocycles. The van der Waals surface area contributed by atoms with E-state index in [2.05, 4.69) is 43.9 Å². The van der Waals surface area contributed by atoms with E-state index in [-0.39, 0.29) is 5.60 Å². The summed E-state index contributed by atoms with van der Waals surface area (Å²) in [5.41, 5.74) is 4.26. The van der Waals surface area contributed by atoms with Gasteiger partial charge in [0.25, 0.3) is 0 Å². The molecule has 0 bridgehead atoms. The van der Waals surface area contributed by atoms with Crippen molar-refractivity contribution in [3.8, 4) is 0 Å². The molecule has 3 nitrogen and oxygen atoms in total. The van der Waals surface area contributed by atoms with Gasteiger partial charge >= 0.3 is 0 Å². The van der Waals surface area contributed by atoms with E-state index in [1.807, 2.05) is 0 Å². The molecule has 1 aromatic rings. The van der Waals surface area contributed by atoms with Gasteiger partial charge in [-0.3, -0.25) is 4.90 Å². The number of hydrogen-bond acceptors (Lipinski definition) is 3. The van der Waals surface area contributed by atoms with Crippen molar-refractivity contribution < 1.29 is 9.47 Å². The zero-order chi connectivity index (χ0) is 14.9. The summed E-state index contributed by atoms with van der Waals surface area (Å²) in [5, 5.41) is 0. The predicted octanol–water partition coefficient (Wildman–Crippen LogP) is 2.93. The van der Waals surface area contributed by atoms with Crippen molar-refractivity contribution in [3.63, 3.8) is 0 Å². The summed E-state index contributed by atoms with van der Waals surface area (Å²) in [4.78, 5) is 2.51. The minimum Gasteiger partial charge on any atom is -0.381 e. The van der Waals surface area contributed by atoms with Crippen molar-refractivity contribution >= 4 is 0 Å². The molecule has 1 atom stereocenters. The Morgan fingerprint density at radius 3 is 2.90 bits per heavy atom. The molecule has 3 heteroatoms. The highest BCUT2D eigenvalue weighted by atomic mass is 16.5. The van der Waals surface area contributed by atoms with Crippen molar-refractivity contribution in [1.29, 1.82) is 0 Å². The lowest BCUT2D eigenvalue weighted by Gasteiger charge is -2.50. The topological polar surface area (TPSA) is 21.7 Å². The minimum atomic E-state index is 0.0763. The summed E-state index contributed by atoms with van der Waals surface area (Å²) in [6.45, 7) is 12.1. The Morgan fingerprint density at radius 2 is 2.14 bits per heavy atom. The molecule has 1 aromatic carbocycles. The standard InChI is InChI=1S/C18H27NO2/c1-4-20-11-17-7-8-21-18(17)12-19(13-18)10-16-9-14(2)5-6-15(16)3/h5-6,9,17H,4,7-8,10-13H2,1-3H3/t17-/m1/s1. The van der Waals surface area contributed by atoms with E-state index < -0.39 is 0 Å². The fraction of sp³-hybridized carbons (Fsp3) is 0.667. The average Bonchev–Trinajstić information content (AvgIpc) is 2.84. The van der Waals surface area contributed by atoms with Crippen LogP contribution in [-0.2, 0) is 16.0 Å². The summed E-state index contributed by atoms with van der Waals surface area (Å²) in [6, 6.07) is 6.73. The fourth-order valence-corrected chi connectivity index (χ4v) is 3.66. The highest BCUT2D eigenvalue weighted by Gasteiger charge is 2.52. The van der Waals surface area contributed by atoms with Crippen LogP contribution in [0.15, 0.2) is 18.2 Å². The third kappa shape index (κ3) is 3.01. The maximum Gasteiger partial charge on any atom is 0.0985 e. The molecule has 0 unspecified atom stereocenters. The van der Waals surface area contributed by atoms with E-state index in [1.54, 1.807) is 0 Å². The first kappa shape index (κ1) is 15.0. The molecule has 2 fully saturated rings. The number of benzene rings is 1. The van der Waals surface area contributed by atoms with Gasteiger partial charge in [-0.15, -0.1) is 0 Å². The first-order valence-corrected chi connectivity index (χ1v) is 8.13. The summed E-state index contributed by atoms with van der Waals surface area (Å²) in [6.07, 6.45) is 1.15. The molecule has 0 amide bonds. The van der Waals surface area contributed by atoms with Crippen molar-refractivity contribution in [2.45, 2.75) is 39.3 Å². The number of hydrogen-bond donors (Lipinski definition) is 0. The Balaban J connectivity index is 1.58. The van der Waals surface area contributed by atoms with Gasteiger partial charge in [0.05, 0.1) is 12.2 Å². The lowest BCUT2D eigenvalue weighted by atomic mass is 9.81. The molecule has 3 rings (SSSR count). The highest BCUT2D eigenvalue weighted by molar-refractivity contribution is 5.30. The molecule has 0 aliphatic carbocycles. The van der Waals surface area contributed by atoms with Crippen LogP contribution in [0, 0.1) is 19.8 Å². The second kappa shape index (κ2) is 6.07. The molecular weight excluding hydrogens is 262 g/mol. The lowest BCUT2D eigenvalue weighted by Crippen LogP contribution is -2.64. The van der Waals surface area contributed by atoms with Crippen LogP contribution in [0.3, 0.4) is 0 Å². The molecule has 2 aliphatic heterocycles. The van der Waals surface area contributed by atoms with Crippen LogP contribution < -0.4 is 0 Å². The van der Waals surface area contributed by atoms with Gasteiger partial charge in [0.15, 0.2) is 0 Å². The zero-order valence-electron chi connectivity index (χ0n) is 13.5. The lowest BCUT2D eigenvalue weighted by molar-refractivity contribution is -0.145. The second-order valence-electron chi connectivity index (χ2n) is 6.63. The van der Waals surface area contributed by atoms with E-state index in [9.17, 15) is 0 Å². The number of likely N-dealkylation sites (tertiary alicyclic amines) is 1. The molecular formula is C18H27NO2. The van der Waals surface area contributed by atoms with Gasteiger partial charge in [0.1, 0.15) is 0 Å². The molecule has 2 saturated heterocycles. The average molecular weight is 289 g/mol. The Morgan fingerprint density at radius 1 is 1.33 bits per heavy atom. The fourth-order valence-electron chi connectivity index (χ4n) is 3.66. The normalized spacial score (nSPS) is 24.4. The SMILES string of the molecule is CCOC[C@H]1CCOC12CN(Cc1cc(C)ccc1C)C2. The van der Waals surface area contributed by atoms with Gasteiger partial charge in [-0.1, -0.05) is 23.8 Å². The molecule has 2 aliphatic rings. The van der Waals surface area contributed by atoms with Crippen LogP contribution >= 0.6 is 0 Å². The van der Waals surface area contributed by atoms with E-state index in [1.165, 1.54) is 16.7 Å². The molecule has 0 radical (unpaired) electrons. The number of rotatable bonds is 5. The Kier molecular flexibility index (Phi) is 4.34. The molecule has 0 aromatic heterocycles. The third-order valence-corrected chi connectivity index (χ3v) is 5.00. The van der Waals surface area contributed by atoms with Crippen molar-refractivity contribution in [2.75, 3.05) is 32.9 Å². The Bertz CT molecular complexity index is 494. The van der Waals surface area contributed by atoms with Crippen molar-refractivity contribution in [1.82, 2.24) is 4.90 Å². The highest BCUT2D eigenvalue weighted by Crippen LogP contribution is 2.40. The van der Waals surface area contributed by atoms with E-state index >= 15 is 0 Å². The van der Waals surface area contributed by atoms with Crippen LogP contribution in [0.1, 0.15) is 30.0 Å². The molecule has 0 N–H and O–H groups in total. The summed E-state index contributed by atoms with van der Waals surface area (Å²) in [5.74, 6) is 0.576. The van der Waals surface area contributed by atoms with E-state index in [0.29, 0.717) is 5.92 Å². The second-order valence-corrected chi connectivity index (χ2v) is 6.63. The van der Waals surface area contributed by atoms with Gasteiger partial charge in [-0.05, 0) is 38.3 Å². The van der Waals surface area contributed by atoms with E-state index in [4.69, 9.17) is 9.47 Å². The van der Waals surface area contributed by atoms with Crippen LogP contribution in [0.2, 0.25) is 0 Å². The van der Waals surface area contributed by atoms with Crippen molar-refractivity contribution in [2.24, 2.45) is 5.92 Å². The largest absolute Gasteiger partial charge is 0.381 e. The number of aryl methyl sites for hydroxylation is 2. The summed E-state index contributed by atoms with van der Waals surface area (Å²) in [7, 11) is 0. The van der Waals surface area contributed by atoms with Crippen LogP contribution in [0.5, 0.6) is 0 Å². The van der Waals surface area contributed by atoms with E-state index in [0.717, 1.165) is 45.9 Å². The van der Waals surface area contributed by atoms with Gasteiger partial charge in [0, 0.05) is 38.8 Å². The maximum absolute atomic E-state index is 6.09. The predicted molar refractivity (Wildman–Crippen MR) is 84.5 cm³/mol. The smallest absolute Gasteiger partial charge is 0.0985 e. The number of nitrogens with zero attached hydrogens (tertiary/aromatic N) is 1. The Hall–Kier alpha value is -0.900. The third-order valence-electron chi connectivity index (χ3n) is 5.00. The molecule has 116 valence electrons. The van der Waals surface area contributed by atoms with Crippen LogP contribution in [0.25, 0.3) is 0 Å². The Labute approximate surface area is 128 Å². The van der Waals surface area contributed by atoms with Gasteiger partial charge < -0.3 is 9.47 Å². The number of ether oxygens (including phenoxy) is 2. The molecule has 21 heavy (non-hydrogen) atoms.